The Hall–Kier alpha value is -1.06. The van der Waals surface area contributed by atoms with E-state index in [0.29, 0.717) is 18.2 Å². The molecule has 1 aromatic rings. The second-order valence-corrected chi connectivity index (χ2v) is 5.03. The molecular weight excluding hydrogens is 226 g/mol. The second kappa shape index (κ2) is 6.21. The summed E-state index contributed by atoms with van der Waals surface area (Å²) in [4.78, 5) is 0. The minimum atomic E-state index is 0.302. The topological polar surface area (TPSA) is 30.5 Å². The highest BCUT2D eigenvalue weighted by Gasteiger charge is 2.21. The van der Waals surface area contributed by atoms with Crippen LogP contribution in [0.2, 0.25) is 0 Å². The van der Waals surface area contributed by atoms with E-state index in [2.05, 4.69) is 31.3 Å². The van der Waals surface area contributed by atoms with Crippen molar-refractivity contribution in [3.63, 3.8) is 0 Å². The van der Waals surface area contributed by atoms with Crippen LogP contribution in [0.25, 0.3) is 0 Å². The van der Waals surface area contributed by atoms with Gasteiger partial charge in [-0.2, -0.15) is 0 Å². The first-order valence-corrected chi connectivity index (χ1v) is 6.71. The zero-order valence-electron chi connectivity index (χ0n) is 11.5. The first kappa shape index (κ1) is 13.4. The third kappa shape index (κ3) is 3.24. The number of methoxy groups -OCH3 is 1. The van der Waals surface area contributed by atoms with E-state index in [1.54, 1.807) is 7.11 Å². The zero-order chi connectivity index (χ0) is 13.0. The molecule has 1 heterocycles. The zero-order valence-corrected chi connectivity index (χ0v) is 11.5. The molecule has 0 radical (unpaired) electrons. The maximum atomic E-state index is 5.58. The van der Waals surface area contributed by atoms with Gasteiger partial charge in [-0.15, -0.1) is 0 Å². The Kier molecular flexibility index (Phi) is 4.61. The third-order valence-corrected chi connectivity index (χ3v) is 3.58. The summed E-state index contributed by atoms with van der Waals surface area (Å²) in [6.07, 6.45) is 2.53. The van der Waals surface area contributed by atoms with Gasteiger partial charge in [0.05, 0.1) is 13.2 Å². The molecule has 0 aliphatic carbocycles. The largest absolute Gasteiger partial charge is 0.496 e. The Labute approximate surface area is 109 Å². The highest BCUT2D eigenvalue weighted by molar-refractivity contribution is 5.35. The number of hydrogen-bond acceptors (Lipinski definition) is 3. The van der Waals surface area contributed by atoms with E-state index in [-0.39, 0.29) is 0 Å². The summed E-state index contributed by atoms with van der Waals surface area (Å²) < 4.78 is 11.0. The first-order valence-electron chi connectivity index (χ1n) is 6.71. The van der Waals surface area contributed by atoms with Gasteiger partial charge in [0.2, 0.25) is 0 Å². The standard InChI is InChI=1S/C15H23NO2/c1-11-10-13(8-9-18-11)16-12(2)14-6-4-5-7-15(14)17-3/h4-7,11-13,16H,8-10H2,1-3H3/t11?,12-,13?/m1/s1. The van der Waals surface area contributed by atoms with Gasteiger partial charge in [-0.25, -0.2) is 0 Å². The smallest absolute Gasteiger partial charge is 0.123 e. The lowest BCUT2D eigenvalue weighted by Gasteiger charge is -2.31. The van der Waals surface area contributed by atoms with E-state index in [4.69, 9.17) is 9.47 Å². The predicted octanol–water partition coefficient (Wildman–Crippen LogP) is 2.91. The molecule has 2 unspecified atom stereocenters. The summed E-state index contributed by atoms with van der Waals surface area (Å²) >= 11 is 0. The number of nitrogens with one attached hydrogen (secondary N) is 1. The fourth-order valence-corrected chi connectivity index (χ4v) is 2.62. The Morgan fingerprint density at radius 1 is 1.39 bits per heavy atom. The third-order valence-electron chi connectivity index (χ3n) is 3.58. The number of para-hydroxylation sites is 1. The van der Waals surface area contributed by atoms with Crippen LogP contribution in [-0.2, 0) is 4.74 Å². The van der Waals surface area contributed by atoms with Gasteiger partial charge in [-0.05, 0) is 32.8 Å². The normalized spacial score (nSPS) is 25.7. The minimum Gasteiger partial charge on any atom is -0.496 e. The van der Waals surface area contributed by atoms with Gasteiger partial charge in [0.25, 0.3) is 0 Å². The number of benzene rings is 1. The summed E-state index contributed by atoms with van der Waals surface area (Å²) in [6.45, 7) is 5.19. The minimum absolute atomic E-state index is 0.302. The molecule has 3 heteroatoms. The molecule has 1 saturated heterocycles. The Bertz CT molecular complexity index is 381. The number of ether oxygens (including phenoxy) is 2. The Balaban J connectivity index is 2.00. The SMILES string of the molecule is COc1ccccc1[C@@H](C)NC1CCOC(C)C1. The van der Waals surface area contributed by atoms with Crippen LogP contribution in [0.5, 0.6) is 5.75 Å². The van der Waals surface area contributed by atoms with Crippen molar-refractivity contribution in [2.45, 2.75) is 44.9 Å². The van der Waals surface area contributed by atoms with Crippen LogP contribution in [0.15, 0.2) is 24.3 Å². The van der Waals surface area contributed by atoms with Crippen LogP contribution in [0.1, 0.15) is 38.3 Å². The van der Waals surface area contributed by atoms with E-state index >= 15 is 0 Å². The average Bonchev–Trinajstić information content (AvgIpc) is 2.38. The van der Waals surface area contributed by atoms with Crippen molar-refractivity contribution in [2.24, 2.45) is 0 Å². The maximum Gasteiger partial charge on any atom is 0.123 e. The van der Waals surface area contributed by atoms with E-state index < -0.39 is 0 Å². The maximum absolute atomic E-state index is 5.58. The van der Waals surface area contributed by atoms with Crippen molar-refractivity contribution in [2.75, 3.05) is 13.7 Å². The van der Waals surface area contributed by atoms with Gasteiger partial charge in [0, 0.05) is 24.3 Å². The van der Waals surface area contributed by atoms with Crippen molar-refractivity contribution in [3.05, 3.63) is 29.8 Å². The van der Waals surface area contributed by atoms with Crippen LogP contribution < -0.4 is 10.1 Å². The Morgan fingerprint density at radius 2 is 2.17 bits per heavy atom. The molecule has 3 nitrogen and oxygen atoms in total. The van der Waals surface area contributed by atoms with Crippen LogP contribution in [-0.4, -0.2) is 25.9 Å². The molecule has 0 amide bonds. The van der Waals surface area contributed by atoms with Gasteiger partial charge in [-0.3, -0.25) is 0 Å². The van der Waals surface area contributed by atoms with Crippen LogP contribution in [0, 0.1) is 0 Å². The molecule has 0 aromatic heterocycles. The van der Waals surface area contributed by atoms with Crippen molar-refractivity contribution in [3.8, 4) is 5.75 Å². The molecule has 1 aliphatic heterocycles. The Morgan fingerprint density at radius 3 is 2.89 bits per heavy atom. The number of rotatable bonds is 4. The molecule has 0 spiro atoms. The van der Waals surface area contributed by atoms with Crippen molar-refractivity contribution in [1.82, 2.24) is 5.32 Å². The van der Waals surface area contributed by atoms with Crippen LogP contribution in [0.4, 0.5) is 0 Å². The molecule has 18 heavy (non-hydrogen) atoms. The molecule has 0 bridgehead atoms. The summed E-state index contributed by atoms with van der Waals surface area (Å²) in [5, 5.41) is 3.68. The monoisotopic (exact) mass is 249 g/mol. The second-order valence-electron chi connectivity index (χ2n) is 5.03. The van der Waals surface area contributed by atoms with Gasteiger partial charge in [0.15, 0.2) is 0 Å². The molecule has 1 fully saturated rings. The van der Waals surface area contributed by atoms with Crippen molar-refractivity contribution in [1.29, 1.82) is 0 Å². The molecule has 1 N–H and O–H groups in total. The summed E-state index contributed by atoms with van der Waals surface area (Å²) in [7, 11) is 1.72. The van der Waals surface area contributed by atoms with Crippen molar-refractivity contribution >= 4 is 0 Å². The van der Waals surface area contributed by atoms with E-state index in [9.17, 15) is 0 Å². The molecule has 3 atom stereocenters. The molecule has 100 valence electrons. The highest BCUT2D eigenvalue weighted by Crippen LogP contribution is 2.26. The van der Waals surface area contributed by atoms with Gasteiger partial charge in [0.1, 0.15) is 5.75 Å². The van der Waals surface area contributed by atoms with Gasteiger partial charge in [-0.1, -0.05) is 18.2 Å². The molecule has 2 rings (SSSR count). The van der Waals surface area contributed by atoms with Crippen LogP contribution in [0.3, 0.4) is 0 Å². The average molecular weight is 249 g/mol. The van der Waals surface area contributed by atoms with Crippen molar-refractivity contribution < 1.29 is 9.47 Å². The summed E-state index contributed by atoms with van der Waals surface area (Å²) in [5.74, 6) is 0.956. The van der Waals surface area contributed by atoms with Gasteiger partial charge >= 0.3 is 0 Å². The van der Waals surface area contributed by atoms with Crippen LogP contribution >= 0.6 is 0 Å². The fourth-order valence-electron chi connectivity index (χ4n) is 2.62. The van der Waals surface area contributed by atoms with Gasteiger partial charge < -0.3 is 14.8 Å². The first-order chi connectivity index (χ1) is 8.70. The lowest BCUT2D eigenvalue weighted by molar-refractivity contribution is 0.0115. The molecule has 0 saturated carbocycles. The lowest BCUT2D eigenvalue weighted by Crippen LogP contribution is -2.39. The predicted molar refractivity (Wildman–Crippen MR) is 73.0 cm³/mol. The van der Waals surface area contributed by atoms with E-state index in [1.807, 2.05) is 12.1 Å². The lowest BCUT2D eigenvalue weighted by atomic mass is 10.0. The number of hydrogen-bond donors (Lipinski definition) is 1. The summed E-state index contributed by atoms with van der Waals surface area (Å²) in [6, 6.07) is 9.04. The highest BCUT2D eigenvalue weighted by atomic mass is 16.5. The molecule has 1 aromatic carbocycles. The van der Waals surface area contributed by atoms with E-state index in [1.165, 1.54) is 5.56 Å². The summed E-state index contributed by atoms with van der Waals surface area (Å²) in [5.41, 5.74) is 1.22. The van der Waals surface area contributed by atoms with E-state index in [0.717, 1.165) is 25.2 Å². The quantitative estimate of drug-likeness (QED) is 0.890. The molecular formula is C15H23NO2. The molecule has 1 aliphatic rings. The fraction of sp³-hybridized carbons (Fsp3) is 0.600.